The summed E-state index contributed by atoms with van der Waals surface area (Å²) in [5.41, 5.74) is 1.32. The van der Waals surface area contributed by atoms with Crippen LogP contribution in [-0.2, 0) is 11.3 Å². The molecular weight excluding hydrogens is 460 g/mol. The minimum Gasteiger partial charge on any atom is -0.496 e. The van der Waals surface area contributed by atoms with E-state index >= 15 is 0 Å². The SMILES string of the molecule is COc1ccc(Cl)cc1-c1nn(CC2(O)CCOCC2)cc1NC(=O)c1cnn2cccnc12. The van der Waals surface area contributed by atoms with Crippen LogP contribution < -0.4 is 10.1 Å². The van der Waals surface area contributed by atoms with Gasteiger partial charge in [0.2, 0.25) is 0 Å². The zero-order valence-corrected chi connectivity index (χ0v) is 19.2. The highest BCUT2D eigenvalue weighted by Gasteiger charge is 2.31. The molecule has 0 radical (unpaired) electrons. The molecule has 1 aliphatic heterocycles. The lowest BCUT2D eigenvalue weighted by Gasteiger charge is -2.31. The molecule has 34 heavy (non-hydrogen) atoms. The topological polar surface area (TPSA) is 116 Å². The quantitative estimate of drug-likeness (QED) is 0.434. The largest absolute Gasteiger partial charge is 0.496 e. The normalized spacial score (nSPS) is 15.4. The second-order valence-corrected chi connectivity index (χ2v) is 8.61. The van der Waals surface area contributed by atoms with Crippen molar-refractivity contribution in [3.8, 4) is 17.0 Å². The molecule has 0 saturated carbocycles. The van der Waals surface area contributed by atoms with E-state index in [0.29, 0.717) is 65.0 Å². The lowest BCUT2D eigenvalue weighted by Crippen LogP contribution is -2.40. The number of benzene rings is 1. The van der Waals surface area contributed by atoms with Gasteiger partial charge in [-0.05, 0) is 24.3 Å². The van der Waals surface area contributed by atoms with Crippen molar-refractivity contribution in [3.05, 3.63) is 59.6 Å². The van der Waals surface area contributed by atoms with E-state index in [0.717, 1.165) is 0 Å². The van der Waals surface area contributed by atoms with Gasteiger partial charge in [-0.15, -0.1) is 0 Å². The number of amides is 1. The minimum atomic E-state index is -0.951. The molecule has 5 rings (SSSR count). The van der Waals surface area contributed by atoms with Crippen LogP contribution in [-0.4, -0.2) is 61.3 Å². The summed E-state index contributed by atoms with van der Waals surface area (Å²) in [6, 6.07) is 6.91. The maximum atomic E-state index is 13.2. The molecule has 176 valence electrons. The number of ether oxygens (including phenoxy) is 2. The van der Waals surface area contributed by atoms with Crippen LogP contribution in [0, 0.1) is 0 Å². The molecule has 11 heteroatoms. The van der Waals surface area contributed by atoms with Crippen LogP contribution in [0.15, 0.2) is 49.1 Å². The average Bonchev–Trinajstić information content (AvgIpc) is 3.43. The average molecular weight is 483 g/mol. The highest BCUT2D eigenvalue weighted by atomic mass is 35.5. The van der Waals surface area contributed by atoms with Gasteiger partial charge in [-0.2, -0.15) is 10.2 Å². The lowest BCUT2D eigenvalue weighted by molar-refractivity contribution is -0.0744. The Kier molecular flexibility index (Phi) is 5.94. The van der Waals surface area contributed by atoms with Crippen molar-refractivity contribution in [2.24, 2.45) is 0 Å². The second-order valence-electron chi connectivity index (χ2n) is 8.17. The van der Waals surface area contributed by atoms with Gasteiger partial charge in [0.05, 0.1) is 31.1 Å². The van der Waals surface area contributed by atoms with E-state index < -0.39 is 5.60 Å². The van der Waals surface area contributed by atoms with Crippen molar-refractivity contribution in [3.63, 3.8) is 0 Å². The number of fused-ring (bicyclic) bond motifs is 1. The predicted octanol–water partition coefficient (Wildman–Crippen LogP) is 3.05. The van der Waals surface area contributed by atoms with Crippen LogP contribution in [0.2, 0.25) is 5.02 Å². The highest BCUT2D eigenvalue weighted by Crippen LogP contribution is 2.37. The summed E-state index contributed by atoms with van der Waals surface area (Å²) >= 11 is 6.26. The Morgan fingerprint density at radius 3 is 2.97 bits per heavy atom. The number of carbonyl (C=O) groups excluding carboxylic acids is 1. The molecule has 4 aromatic rings. The molecule has 1 fully saturated rings. The van der Waals surface area contributed by atoms with Crippen LogP contribution in [0.25, 0.3) is 16.9 Å². The Hall–Kier alpha value is -3.47. The first-order valence-corrected chi connectivity index (χ1v) is 11.1. The third-order valence-electron chi connectivity index (χ3n) is 5.83. The molecule has 0 unspecified atom stereocenters. The maximum Gasteiger partial charge on any atom is 0.261 e. The standard InChI is InChI=1S/C23H23ClN6O4/c1-33-19-4-3-15(24)11-16(19)20-18(13-29(28-20)14-23(32)5-9-34-10-6-23)27-22(31)17-12-26-30-8-2-7-25-21(17)30/h2-4,7-8,11-13,32H,5-6,9-10,14H2,1H3,(H,27,31). The molecule has 1 aliphatic rings. The Balaban J connectivity index is 1.54. The third-order valence-corrected chi connectivity index (χ3v) is 6.07. The van der Waals surface area contributed by atoms with Crippen molar-refractivity contribution in [2.45, 2.75) is 25.0 Å². The Bertz CT molecular complexity index is 1340. The first kappa shape index (κ1) is 22.3. The van der Waals surface area contributed by atoms with Gasteiger partial charge in [0.15, 0.2) is 5.65 Å². The summed E-state index contributed by atoms with van der Waals surface area (Å²) in [4.78, 5) is 17.4. The van der Waals surface area contributed by atoms with Gasteiger partial charge in [0, 0.05) is 55.2 Å². The van der Waals surface area contributed by atoms with E-state index in [1.165, 1.54) is 10.7 Å². The molecular formula is C23H23ClN6O4. The Labute approximate surface area is 200 Å². The number of nitrogens with one attached hydrogen (secondary N) is 1. The monoisotopic (exact) mass is 482 g/mol. The van der Waals surface area contributed by atoms with E-state index in [9.17, 15) is 9.90 Å². The van der Waals surface area contributed by atoms with Crippen LogP contribution >= 0.6 is 11.6 Å². The minimum absolute atomic E-state index is 0.250. The number of carbonyl (C=O) groups is 1. The van der Waals surface area contributed by atoms with Crippen molar-refractivity contribution in [1.82, 2.24) is 24.4 Å². The van der Waals surface area contributed by atoms with Gasteiger partial charge in [0.1, 0.15) is 17.0 Å². The molecule has 0 atom stereocenters. The summed E-state index contributed by atoms with van der Waals surface area (Å²) in [5, 5.41) is 23.3. The van der Waals surface area contributed by atoms with E-state index in [1.54, 1.807) is 54.6 Å². The summed E-state index contributed by atoms with van der Waals surface area (Å²) in [5.74, 6) is 0.160. The van der Waals surface area contributed by atoms with Crippen LogP contribution in [0.4, 0.5) is 5.69 Å². The smallest absolute Gasteiger partial charge is 0.261 e. The summed E-state index contributed by atoms with van der Waals surface area (Å²) in [6.45, 7) is 1.22. The number of aromatic nitrogens is 5. The third kappa shape index (κ3) is 4.35. The number of hydrogen-bond donors (Lipinski definition) is 2. The first-order chi connectivity index (χ1) is 16.5. The zero-order valence-electron chi connectivity index (χ0n) is 18.4. The molecule has 0 spiro atoms. The van der Waals surface area contributed by atoms with Gasteiger partial charge in [-0.1, -0.05) is 11.6 Å². The molecule has 0 aliphatic carbocycles. The predicted molar refractivity (Wildman–Crippen MR) is 125 cm³/mol. The number of halogens is 1. The number of rotatable bonds is 6. The lowest BCUT2D eigenvalue weighted by atomic mass is 9.94. The van der Waals surface area contributed by atoms with Crippen molar-refractivity contribution >= 4 is 28.8 Å². The molecule has 10 nitrogen and oxygen atoms in total. The van der Waals surface area contributed by atoms with Gasteiger partial charge in [-0.3, -0.25) is 9.48 Å². The summed E-state index contributed by atoms with van der Waals surface area (Å²) < 4.78 is 14.1. The number of aliphatic hydroxyl groups is 1. The van der Waals surface area contributed by atoms with Gasteiger partial charge >= 0.3 is 0 Å². The van der Waals surface area contributed by atoms with Crippen molar-refractivity contribution in [2.75, 3.05) is 25.6 Å². The van der Waals surface area contributed by atoms with Gasteiger partial charge in [-0.25, -0.2) is 9.50 Å². The van der Waals surface area contributed by atoms with E-state index in [-0.39, 0.29) is 12.5 Å². The van der Waals surface area contributed by atoms with Crippen molar-refractivity contribution in [1.29, 1.82) is 0 Å². The van der Waals surface area contributed by atoms with Gasteiger partial charge < -0.3 is 19.9 Å². The highest BCUT2D eigenvalue weighted by molar-refractivity contribution is 6.31. The van der Waals surface area contributed by atoms with E-state index in [2.05, 4.69) is 15.4 Å². The second kappa shape index (κ2) is 9.05. The number of nitrogens with zero attached hydrogens (tertiary/aromatic N) is 5. The molecule has 1 saturated heterocycles. The van der Waals surface area contributed by atoms with Crippen LogP contribution in [0.1, 0.15) is 23.2 Å². The maximum absolute atomic E-state index is 13.2. The van der Waals surface area contributed by atoms with E-state index in [1.807, 2.05) is 0 Å². The number of methoxy groups -OCH3 is 1. The summed E-state index contributed by atoms with van der Waals surface area (Å²) in [6.07, 6.45) is 7.47. The van der Waals surface area contributed by atoms with Crippen LogP contribution in [0.3, 0.4) is 0 Å². The molecule has 4 heterocycles. The van der Waals surface area contributed by atoms with Gasteiger partial charge in [0.25, 0.3) is 5.91 Å². The molecule has 3 aromatic heterocycles. The number of anilines is 1. The van der Waals surface area contributed by atoms with Crippen molar-refractivity contribution < 1.29 is 19.4 Å². The zero-order chi connectivity index (χ0) is 23.7. The first-order valence-electron chi connectivity index (χ1n) is 10.8. The summed E-state index contributed by atoms with van der Waals surface area (Å²) in [7, 11) is 1.55. The van der Waals surface area contributed by atoms with Crippen LogP contribution in [0.5, 0.6) is 5.75 Å². The molecule has 1 amide bonds. The Morgan fingerprint density at radius 2 is 2.18 bits per heavy atom. The molecule has 1 aromatic carbocycles. The Morgan fingerprint density at radius 1 is 1.35 bits per heavy atom. The fraction of sp³-hybridized carbons (Fsp3) is 0.304. The number of hydrogen-bond acceptors (Lipinski definition) is 7. The molecule has 0 bridgehead atoms. The van der Waals surface area contributed by atoms with E-state index in [4.69, 9.17) is 26.2 Å². The fourth-order valence-corrected chi connectivity index (χ4v) is 4.22. The molecule has 2 N–H and O–H groups in total. The fourth-order valence-electron chi connectivity index (χ4n) is 4.05.